The Kier molecular flexibility index (Phi) is 5.42. The Labute approximate surface area is 176 Å². The summed E-state index contributed by atoms with van der Waals surface area (Å²) >= 11 is 1.33. The maximum Gasteiger partial charge on any atom is 0.416 e. The Hall–Kier alpha value is -2.65. The van der Waals surface area contributed by atoms with Crippen molar-refractivity contribution in [1.82, 2.24) is 9.80 Å². The van der Waals surface area contributed by atoms with Crippen LogP contribution in [0.15, 0.2) is 47.5 Å². The van der Waals surface area contributed by atoms with E-state index in [4.69, 9.17) is 0 Å². The average Bonchev–Trinajstić information content (AvgIpc) is 3.33. The zero-order chi connectivity index (χ0) is 21.5. The Morgan fingerprint density at radius 1 is 1.00 bits per heavy atom. The van der Waals surface area contributed by atoms with Crippen LogP contribution in [0.1, 0.15) is 17.4 Å². The number of nitrogens with zero attached hydrogens (tertiary/aromatic N) is 3. The van der Waals surface area contributed by atoms with Gasteiger partial charge in [-0.25, -0.2) is 4.90 Å². The lowest BCUT2D eigenvalue weighted by Crippen LogP contribution is -2.47. The summed E-state index contributed by atoms with van der Waals surface area (Å²) < 4.78 is 39.5. The summed E-state index contributed by atoms with van der Waals surface area (Å²) in [7, 11) is 0. The minimum atomic E-state index is -4.56. The van der Waals surface area contributed by atoms with Crippen LogP contribution in [0.2, 0.25) is 0 Å². The lowest BCUT2D eigenvalue weighted by molar-refractivity contribution is -0.137. The molecule has 0 radical (unpaired) electrons. The lowest BCUT2D eigenvalue weighted by Gasteiger charge is -2.35. The topological polar surface area (TPSA) is 43.9 Å². The molecule has 3 heterocycles. The summed E-state index contributed by atoms with van der Waals surface area (Å²) in [6.45, 7) is 5.62. The molecule has 0 spiro atoms. The molecule has 0 unspecified atom stereocenters. The van der Waals surface area contributed by atoms with Gasteiger partial charge in [0, 0.05) is 31.1 Å². The van der Waals surface area contributed by atoms with Crippen LogP contribution in [0, 0.1) is 0 Å². The van der Waals surface area contributed by atoms with Gasteiger partial charge in [0.05, 0.1) is 16.8 Å². The van der Waals surface area contributed by atoms with E-state index in [0.29, 0.717) is 18.0 Å². The molecule has 0 aliphatic carbocycles. The van der Waals surface area contributed by atoms with Gasteiger partial charge in [0.25, 0.3) is 11.8 Å². The molecule has 158 valence electrons. The van der Waals surface area contributed by atoms with E-state index in [1.54, 1.807) is 17.5 Å². The van der Waals surface area contributed by atoms with Crippen molar-refractivity contribution in [2.45, 2.75) is 13.1 Å². The first-order valence-electron chi connectivity index (χ1n) is 9.62. The molecule has 0 bridgehead atoms. The summed E-state index contributed by atoms with van der Waals surface area (Å²) in [5.74, 6) is -1.16. The fourth-order valence-electron chi connectivity index (χ4n) is 3.80. The van der Waals surface area contributed by atoms with Gasteiger partial charge >= 0.3 is 6.18 Å². The number of amides is 2. The third-order valence-corrected chi connectivity index (χ3v) is 6.28. The first kappa shape index (κ1) is 20.6. The molecule has 1 aromatic heterocycles. The SMILES string of the molecule is CCN1CCN(C2=C(c3cccs3)C(=O)N(c3cccc(C(F)(F)F)c3)C2=O)CC1. The molecule has 0 N–H and O–H groups in total. The highest BCUT2D eigenvalue weighted by Gasteiger charge is 2.44. The van der Waals surface area contributed by atoms with Crippen LogP contribution in [0.3, 0.4) is 0 Å². The van der Waals surface area contributed by atoms with Crippen molar-refractivity contribution in [3.63, 3.8) is 0 Å². The highest BCUT2D eigenvalue weighted by molar-refractivity contribution is 7.11. The van der Waals surface area contributed by atoms with Crippen LogP contribution in [0.4, 0.5) is 18.9 Å². The summed E-state index contributed by atoms with van der Waals surface area (Å²) in [5, 5.41) is 1.81. The standard InChI is InChI=1S/C21H20F3N3O2S/c1-2-25-8-10-26(11-9-25)18-17(16-7-4-12-30-16)19(28)27(20(18)29)15-6-3-5-14(13-15)21(22,23)24/h3-7,12-13H,2,8-11H2,1H3. The third-order valence-electron chi connectivity index (χ3n) is 5.39. The van der Waals surface area contributed by atoms with Crippen LogP contribution >= 0.6 is 11.3 Å². The number of benzene rings is 1. The van der Waals surface area contributed by atoms with E-state index in [9.17, 15) is 22.8 Å². The monoisotopic (exact) mass is 435 g/mol. The molecule has 5 nitrogen and oxygen atoms in total. The Balaban J connectivity index is 1.74. The van der Waals surface area contributed by atoms with Gasteiger partial charge in [-0.15, -0.1) is 11.3 Å². The predicted octanol–water partition coefficient (Wildman–Crippen LogP) is 3.69. The Morgan fingerprint density at radius 2 is 1.73 bits per heavy atom. The van der Waals surface area contributed by atoms with Crippen LogP contribution in [-0.2, 0) is 15.8 Å². The number of halogens is 3. The molecule has 2 amide bonds. The summed E-state index contributed by atoms with van der Waals surface area (Å²) in [6, 6.07) is 7.87. The molecule has 1 aromatic carbocycles. The third kappa shape index (κ3) is 3.63. The number of piperazine rings is 1. The number of thiophene rings is 1. The van der Waals surface area contributed by atoms with Crippen molar-refractivity contribution in [1.29, 1.82) is 0 Å². The maximum atomic E-state index is 13.3. The van der Waals surface area contributed by atoms with Gasteiger partial charge in [-0.3, -0.25) is 9.59 Å². The lowest BCUT2D eigenvalue weighted by atomic mass is 10.1. The second-order valence-corrected chi connectivity index (χ2v) is 8.06. The number of imide groups is 1. The summed E-state index contributed by atoms with van der Waals surface area (Å²) in [6.07, 6.45) is -4.56. The smallest absolute Gasteiger partial charge is 0.364 e. The predicted molar refractivity (Wildman–Crippen MR) is 109 cm³/mol. The van der Waals surface area contributed by atoms with Crippen molar-refractivity contribution in [2.24, 2.45) is 0 Å². The van der Waals surface area contributed by atoms with Gasteiger partial charge in [-0.2, -0.15) is 13.2 Å². The molecule has 9 heteroatoms. The minimum Gasteiger partial charge on any atom is -0.364 e. The van der Waals surface area contributed by atoms with Gasteiger partial charge in [0.2, 0.25) is 0 Å². The van der Waals surface area contributed by atoms with Crippen molar-refractivity contribution in [3.8, 4) is 0 Å². The molecule has 4 rings (SSSR count). The van der Waals surface area contributed by atoms with Crippen molar-refractivity contribution >= 4 is 34.4 Å². The van der Waals surface area contributed by atoms with Gasteiger partial charge in [-0.1, -0.05) is 19.1 Å². The average molecular weight is 435 g/mol. The first-order chi connectivity index (χ1) is 14.3. The fraction of sp³-hybridized carbons (Fsp3) is 0.333. The van der Waals surface area contributed by atoms with Crippen molar-refractivity contribution < 1.29 is 22.8 Å². The second kappa shape index (κ2) is 7.88. The van der Waals surface area contributed by atoms with Gasteiger partial charge < -0.3 is 9.80 Å². The molecular weight excluding hydrogens is 415 g/mol. The number of anilines is 1. The summed E-state index contributed by atoms with van der Waals surface area (Å²) in [5.41, 5.74) is -0.438. The first-order valence-corrected chi connectivity index (χ1v) is 10.5. The van der Waals surface area contributed by atoms with E-state index < -0.39 is 23.6 Å². The normalized spacial score (nSPS) is 18.7. The van der Waals surface area contributed by atoms with E-state index in [1.807, 2.05) is 4.90 Å². The number of rotatable bonds is 4. The quantitative estimate of drug-likeness (QED) is 0.688. The largest absolute Gasteiger partial charge is 0.416 e. The Bertz CT molecular complexity index is 993. The number of carbonyl (C=O) groups is 2. The number of hydrogen-bond donors (Lipinski definition) is 0. The Morgan fingerprint density at radius 3 is 2.33 bits per heavy atom. The van der Waals surface area contributed by atoms with Crippen LogP contribution in [0.5, 0.6) is 0 Å². The molecule has 0 saturated carbocycles. The van der Waals surface area contributed by atoms with Crippen LogP contribution < -0.4 is 4.90 Å². The molecule has 0 atom stereocenters. The van der Waals surface area contributed by atoms with Crippen molar-refractivity contribution in [3.05, 3.63) is 57.9 Å². The van der Waals surface area contributed by atoms with E-state index in [0.717, 1.165) is 36.7 Å². The molecular formula is C21H20F3N3O2S. The van der Waals surface area contributed by atoms with E-state index in [2.05, 4.69) is 11.8 Å². The molecule has 2 aromatic rings. The molecule has 2 aliphatic rings. The molecule has 2 aliphatic heterocycles. The molecule has 1 fully saturated rings. The molecule has 30 heavy (non-hydrogen) atoms. The zero-order valence-corrected chi connectivity index (χ0v) is 17.1. The zero-order valence-electron chi connectivity index (χ0n) is 16.3. The van der Waals surface area contributed by atoms with Gasteiger partial charge in [-0.05, 0) is 36.2 Å². The maximum absolute atomic E-state index is 13.3. The summed E-state index contributed by atoms with van der Waals surface area (Å²) in [4.78, 5) is 32.3. The fourth-order valence-corrected chi connectivity index (χ4v) is 4.56. The van der Waals surface area contributed by atoms with Gasteiger partial charge in [0.1, 0.15) is 5.70 Å². The number of carbonyl (C=O) groups excluding carboxylic acids is 2. The van der Waals surface area contributed by atoms with Gasteiger partial charge in [0.15, 0.2) is 0 Å². The highest BCUT2D eigenvalue weighted by Crippen LogP contribution is 2.38. The minimum absolute atomic E-state index is 0.0731. The number of likely N-dealkylation sites (N-methyl/N-ethyl adjacent to an activating group) is 1. The number of hydrogen-bond acceptors (Lipinski definition) is 5. The van der Waals surface area contributed by atoms with E-state index >= 15 is 0 Å². The van der Waals surface area contributed by atoms with E-state index in [1.165, 1.54) is 23.5 Å². The van der Waals surface area contributed by atoms with Crippen LogP contribution in [0.25, 0.3) is 5.57 Å². The second-order valence-electron chi connectivity index (χ2n) is 7.12. The number of alkyl halides is 3. The van der Waals surface area contributed by atoms with Crippen molar-refractivity contribution in [2.75, 3.05) is 37.6 Å². The highest BCUT2D eigenvalue weighted by atomic mass is 32.1. The van der Waals surface area contributed by atoms with Crippen LogP contribution in [-0.4, -0.2) is 54.3 Å². The molecule has 1 saturated heterocycles. The van der Waals surface area contributed by atoms with E-state index in [-0.39, 0.29) is 17.0 Å².